The van der Waals surface area contributed by atoms with Gasteiger partial charge in [0.15, 0.2) is 4.77 Å². The summed E-state index contributed by atoms with van der Waals surface area (Å²) in [5.41, 5.74) is 4.37. The Bertz CT molecular complexity index is 825. The van der Waals surface area contributed by atoms with Crippen molar-refractivity contribution in [3.8, 4) is 11.3 Å². The van der Waals surface area contributed by atoms with E-state index < -0.39 is 0 Å². The third kappa shape index (κ3) is 2.09. The topological polar surface area (TPSA) is 48.6 Å². The molecule has 2 aliphatic rings. The van der Waals surface area contributed by atoms with Crippen LogP contribution >= 0.6 is 12.2 Å². The molecule has 22 heavy (non-hydrogen) atoms. The molecule has 0 unspecified atom stereocenters. The molecule has 0 aliphatic heterocycles. The molecule has 0 amide bonds. The summed E-state index contributed by atoms with van der Waals surface area (Å²) in [6.07, 6.45) is 8.14. The largest absolute Gasteiger partial charge is 0.331 e. The van der Waals surface area contributed by atoms with Crippen LogP contribution in [0, 0.1) is 4.77 Å². The number of H-pyrrole nitrogens is 2. The highest BCUT2D eigenvalue weighted by Crippen LogP contribution is 2.47. The number of fused-ring (bicyclic) bond motifs is 4. The van der Waals surface area contributed by atoms with Crippen molar-refractivity contribution in [1.29, 1.82) is 0 Å². The molecule has 0 atom stereocenters. The van der Waals surface area contributed by atoms with Crippen LogP contribution in [0.2, 0.25) is 0 Å². The van der Waals surface area contributed by atoms with Gasteiger partial charge in [-0.2, -0.15) is 0 Å². The minimum absolute atomic E-state index is 0.00940. The molecule has 1 saturated carbocycles. The number of hydrogen-bond acceptors (Lipinski definition) is 2. The Morgan fingerprint density at radius 3 is 2.50 bits per heavy atom. The zero-order chi connectivity index (χ0) is 15.2. The van der Waals surface area contributed by atoms with Gasteiger partial charge in [0.1, 0.15) is 0 Å². The van der Waals surface area contributed by atoms with E-state index in [0.717, 1.165) is 36.1 Å². The van der Waals surface area contributed by atoms with Crippen molar-refractivity contribution in [3.63, 3.8) is 0 Å². The monoisotopic (exact) mass is 312 g/mol. The van der Waals surface area contributed by atoms with Crippen LogP contribution in [0.1, 0.15) is 49.7 Å². The Labute approximate surface area is 134 Å². The average molecular weight is 312 g/mol. The van der Waals surface area contributed by atoms with Crippen LogP contribution in [-0.4, -0.2) is 9.97 Å². The lowest BCUT2D eigenvalue weighted by Crippen LogP contribution is -2.39. The van der Waals surface area contributed by atoms with Gasteiger partial charge in [-0.25, -0.2) is 0 Å². The van der Waals surface area contributed by atoms with Crippen LogP contribution in [-0.2, 0) is 11.8 Å². The summed E-state index contributed by atoms with van der Waals surface area (Å²) in [4.78, 5) is 18.8. The number of benzene rings is 1. The predicted octanol–water partition coefficient (Wildman–Crippen LogP) is 4.25. The summed E-state index contributed by atoms with van der Waals surface area (Å²) in [6.45, 7) is 0. The molecule has 4 rings (SSSR count). The fourth-order valence-electron chi connectivity index (χ4n) is 4.40. The third-order valence-electron chi connectivity index (χ3n) is 5.35. The molecule has 1 heterocycles. The van der Waals surface area contributed by atoms with Crippen LogP contribution < -0.4 is 5.56 Å². The van der Waals surface area contributed by atoms with E-state index >= 15 is 0 Å². The molecule has 2 N–H and O–H groups in total. The number of rotatable bonds is 0. The van der Waals surface area contributed by atoms with E-state index in [4.69, 9.17) is 12.2 Å². The fraction of sp³-hybridized carbons (Fsp3) is 0.444. The second-order valence-corrected chi connectivity index (χ2v) is 7.09. The lowest BCUT2D eigenvalue weighted by molar-refractivity contribution is 0.359. The molecular formula is C18H20N2OS. The standard InChI is InChI=1S/C18H20N2OS/c21-16-14-15(19-17(22)20-16)13-8-4-3-7-12(13)11-18(14)9-5-1-2-6-10-18/h3-4,7-8H,1-2,5-6,9-11H2,(H2,19,20,21,22). The van der Waals surface area contributed by atoms with Gasteiger partial charge in [0.25, 0.3) is 5.56 Å². The van der Waals surface area contributed by atoms with Crippen LogP contribution in [0.25, 0.3) is 11.3 Å². The molecule has 114 valence electrons. The van der Waals surface area contributed by atoms with Crippen molar-refractivity contribution in [2.45, 2.75) is 50.4 Å². The highest BCUT2D eigenvalue weighted by molar-refractivity contribution is 7.71. The van der Waals surface area contributed by atoms with Gasteiger partial charge in [-0.15, -0.1) is 0 Å². The Kier molecular flexibility index (Phi) is 3.30. The average Bonchev–Trinajstić information content (AvgIpc) is 2.73. The molecule has 1 fully saturated rings. The van der Waals surface area contributed by atoms with E-state index in [1.165, 1.54) is 31.2 Å². The molecular weight excluding hydrogens is 292 g/mol. The third-order valence-corrected chi connectivity index (χ3v) is 5.55. The van der Waals surface area contributed by atoms with Crippen molar-refractivity contribution in [1.82, 2.24) is 9.97 Å². The second kappa shape index (κ2) is 5.20. The van der Waals surface area contributed by atoms with Crippen molar-refractivity contribution < 1.29 is 0 Å². The van der Waals surface area contributed by atoms with E-state index in [2.05, 4.69) is 28.2 Å². The highest BCUT2D eigenvalue weighted by Gasteiger charge is 2.41. The van der Waals surface area contributed by atoms with E-state index in [-0.39, 0.29) is 11.0 Å². The SMILES string of the molecule is O=c1[nH]c(=S)[nH]c2c1C1(CCCCCC1)Cc1ccccc1-2. The predicted molar refractivity (Wildman–Crippen MR) is 90.8 cm³/mol. The van der Waals surface area contributed by atoms with Crippen LogP contribution in [0.15, 0.2) is 29.1 Å². The molecule has 2 aliphatic carbocycles. The van der Waals surface area contributed by atoms with Gasteiger partial charge in [-0.05, 0) is 37.0 Å². The molecule has 1 aromatic heterocycles. The molecule has 0 bridgehead atoms. The Balaban J connectivity index is 2.03. The molecule has 3 nitrogen and oxygen atoms in total. The summed E-state index contributed by atoms with van der Waals surface area (Å²) in [7, 11) is 0. The maximum Gasteiger partial charge on any atom is 0.256 e. The normalized spacial score (nSPS) is 19.3. The van der Waals surface area contributed by atoms with Gasteiger partial charge < -0.3 is 4.98 Å². The summed E-state index contributed by atoms with van der Waals surface area (Å²) in [5.74, 6) is 0. The lowest BCUT2D eigenvalue weighted by Gasteiger charge is -2.38. The molecule has 1 spiro atoms. The quantitative estimate of drug-likeness (QED) is 0.715. The molecule has 0 saturated heterocycles. The van der Waals surface area contributed by atoms with Gasteiger partial charge in [-0.3, -0.25) is 9.78 Å². The Hall–Kier alpha value is -1.68. The van der Waals surface area contributed by atoms with Gasteiger partial charge in [0, 0.05) is 16.5 Å². The highest BCUT2D eigenvalue weighted by atomic mass is 32.1. The minimum atomic E-state index is -0.0205. The Morgan fingerprint density at radius 2 is 1.73 bits per heavy atom. The molecule has 0 radical (unpaired) electrons. The first kappa shape index (κ1) is 13.9. The first-order valence-electron chi connectivity index (χ1n) is 8.15. The smallest absolute Gasteiger partial charge is 0.256 e. The minimum Gasteiger partial charge on any atom is -0.331 e. The zero-order valence-electron chi connectivity index (χ0n) is 12.6. The summed E-state index contributed by atoms with van der Waals surface area (Å²) in [6, 6.07) is 8.42. The number of aromatic nitrogens is 2. The number of nitrogens with one attached hydrogen (secondary N) is 2. The van der Waals surface area contributed by atoms with Crippen LogP contribution in [0.3, 0.4) is 0 Å². The van der Waals surface area contributed by atoms with Gasteiger partial charge in [0.2, 0.25) is 0 Å². The van der Waals surface area contributed by atoms with Gasteiger partial charge in [0.05, 0.1) is 5.69 Å². The maximum absolute atomic E-state index is 12.7. The summed E-state index contributed by atoms with van der Waals surface area (Å²) >= 11 is 5.22. The van der Waals surface area contributed by atoms with E-state index in [1.807, 2.05) is 6.07 Å². The van der Waals surface area contributed by atoms with Gasteiger partial charge in [-0.1, -0.05) is 49.9 Å². The molecule has 4 heteroatoms. The van der Waals surface area contributed by atoms with Crippen LogP contribution in [0.5, 0.6) is 0 Å². The second-order valence-electron chi connectivity index (χ2n) is 6.69. The fourth-order valence-corrected chi connectivity index (χ4v) is 4.59. The van der Waals surface area contributed by atoms with Crippen molar-refractivity contribution >= 4 is 12.2 Å². The Morgan fingerprint density at radius 1 is 1.00 bits per heavy atom. The van der Waals surface area contributed by atoms with Crippen LogP contribution in [0.4, 0.5) is 0 Å². The maximum atomic E-state index is 12.7. The number of hydrogen-bond donors (Lipinski definition) is 2. The molecule has 2 aromatic rings. The van der Waals surface area contributed by atoms with E-state index in [9.17, 15) is 4.79 Å². The van der Waals surface area contributed by atoms with E-state index in [1.54, 1.807) is 0 Å². The lowest BCUT2D eigenvalue weighted by atomic mass is 9.65. The van der Waals surface area contributed by atoms with E-state index in [0.29, 0.717) is 4.77 Å². The zero-order valence-corrected chi connectivity index (χ0v) is 13.4. The van der Waals surface area contributed by atoms with Gasteiger partial charge >= 0.3 is 0 Å². The summed E-state index contributed by atoms with van der Waals surface area (Å²) in [5, 5.41) is 0. The summed E-state index contributed by atoms with van der Waals surface area (Å²) < 4.78 is 0.421. The molecule has 1 aromatic carbocycles. The first-order valence-corrected chi connectivity index (χ1v) is 8.56. The number of aromatic amines is 2. The first-order chi connectivity index (χ1) is 10.7. The van der Waals surface area contributed by atoms with Crippen molar-refractivity contribution in [2.24, 2.45) is 0 Å². The van der Waals surface area contributed by atoms with Crippen molar-refractivity contribution in [2.75, 3.05) is 0 Å². The van der Waals surface area contributed by atoms with Crippen molar-refractivity contribution in [3.05, 3.63) is 50.5 Å².